The monoisotopic (exact) mass is 367 g/mol. The molecular formula is C21H25N3O3. The number of fused-ring (bicyclic) bond motifs is 1. The molecule has 1 aliphatic rings. The zero-order valence-electron chi connectivity index (χ0n) is 15.9. The largest absolute Gasteiger partial charge is 0.352 e. The molecule has 27 heavy (non-hydrogen) atoms. The number of benzene rings is 2. The standard InChI is InChI=1S/C21H25N3O3/c1-4-8-14(2)22-18(25)13-24-19(26)21(3,23-20(24)27)17-12-7-10-15-9-5-6-11-16(15)17/h5-7,9-12,14H,4,8,13H2,1-3H3,(H,22,25)(H,23,27)/t14-,21+/m0/s1. The van der Waals surface area contributed by atoms with Gasteiger partial charge in [0.2, 0.25) is 5.91 Å². The first kappa shape index (κ1) is 18.9. The van der Waals surface area contributed by atoms with Gasteiger partial charge in [0.05, 0.1) is 0 Å². The van der Waals surface area contributed by atoms with Crippen molar-refractivity contribution in [3.8, 4) is 0 Å². The van der Waals surface area contributed by atoms with Crippen LogP contribution >= 0.6 is 0 Å². The molecule has 0 spiro atoms. The van der Waals surface area contributed by atoms with Crippen molar-refractivity contribution >= 4 is 28.6 Å². The first-order valence-electron chi connectivity index (χ1n) is 9.28. The Labute approximate surface area is 158 Å². The number of nitrogens with zero attached hydrogens (tertiary/aromatic N) is 1. The Morgan fingerprint density at radius 3 is 2.63 bits per heavy atom. The van der Waals surface area contributed by atoms with E-state index in [4.69, 9.17) is 0 Å². The van der Waals surface area contributed by atoms with Crippen molar-refractivity contribution in [1.82, 2.24) is 15.5 Å². The van der Waals surface area contributed by atoms with E-state index in [0.717, 1.165) is 34.1 Å². The predicted molar refractivity (Wildman–Crippen MR) is 104 cm³/mol. The number of carbonyl (C=O) groups excluding carboxylic acids is 3. The zero-order valence-corrected chi connectivity index (χ0v) is 15.9. The van der Waals surface area contributed by atoms with Crippen LogP contribution in [0, 0.1) is 0 Å². The van der Waals surface area contributed by atoms with Gasteiger partial charge in [0.1, 0.15) is 12.1 Å². The molecule has 3 rings (SSSR count). The first-order chi connectivity index (χ1) is 12.9. The van der Waals surface area contributed by atoms with Crippen molar-refractivity contribution in [1.29, 1.82) is 0 Å². The highest BCUT2D eigenvalue weighted by Crippen LogP contribution is 2.33. The van der Waals surface area contributed by atoms with Gasteiger partial charge >= 0.3 is 6.03 Å². The van der Waals surface area contributed by atoms with Gasteiger partial charge in [0.15, 0.2) is 0 Å². The highest BCUT2D eigenvalue weighted by atomic mass is 16.2. The second-order valence-electron chi connectivity index (χ2n) is 7.23. The van der Waals surface area contributed by atoms with Crippen LogP contribution in [0.4, 0.5) is 4.79 Å². The van der Waals surface area contributed by atoms with Gasteiger partial charge in [-0.15, -0.1) is 0 Å². The lowest BCUT2D eigenvalue weighted by Crippen LogP contribution is -2.45. The molecule has 0 radical (unpaired) electrons. The van der Waals surface area contributed by atoms with Crippen LogP contribution in [0.25, 0.3) is 10.8 Å². The van der Waals surface area contributed by atoms with E-state index >= 15 is 0 Å². The first-order valence-corrected chi connectivity index (χ1v) is 9.28. The number of nitrogens with one attached hydrogen (secondary N) is 2. The molecule has 2 N–H and O–H groups in total. The molecule has 2 aromatic carbocycles. The summed E-state index contributed by atoms with van der Waals surface area (Å²) in [6.07, 6.45) is 1.79. The van der Waals surface area contributed by atoms with Crippen LogP contribution in [0.5, 0.6) is 0 Å². The fraction of sp³-hybridized carbons (Fsp3) is 0.381. The SMILES string of the molecule is CCC[C@H](C)NC(=O)CN1C(=O)N[C@](C)(c2cccc3ccccc23)C1=O. The van der Waals surface area contributed by atoms with E-state index in [9.17, 15) is 14.4 Å². The van der Waals surface area contributed by atoms with E-state index in [1.54, 1.807) is 6.92 Å². The molecule has 1 heterocycles. The molecule has 0 saturated carbocycles. The van der Waals surface area contributed by atoms with Crippen LogP contribution in [0.15, 0.2) is 42.5 Å². The number of amides is 4. The second kappa shape index (κ2) is 7.39. The van der Waals surface area contributed by atoms with Gasteiger partial charge in [-0.05, 0) is 36.6 Å². The number of imide groups is 1. The fourth-order valence-electron chi connectivity index (χ4n) is 3.65. The van der Waals surface area contributed by atoms with Crippen LogP contribution in [0.2, 0.25) is 0 Å². The molecule has 0 aromatic heterocycles. The summed E-state index contributed by atoms with van der Waals surface area (Å²) >= 11 is 0. The minimum Gasteiger partial charge on any atom is -0.352 e. The average molecular weight is 367 g/mol. The fourth-order valence-corrected chi connectivity index (χ4v) is 3.65. The Balaban J connectivity index is 1.85. The van der Waals surface area contributed by atoms with Gasteiger partial charge in [-0.3, -0.25) is 14.5 Å². The van der Waals surface area contributed by atoms with E-state index in [-0.39, 0.29) is 18.5 Å². The van der Waals surface area contributed by atoms with Gasteiger partial charge in [-0.25, -0.2) is 4.79 Å². The van der Waals surface area contributed by atoms with E-state index in [1.165, 1.54) is 0 Å². The summed E-state index contributed by atoms with van der Waals surface area (Å²) in [5.74, 6) is -0.747. The summed E-state index contributed by atoms with van der Waals surface area (Å²) in [5.41, 5.74) is -0.478. The molecule has 6 heteroatoms. The topological polar surface area (TPSA) is 78.5 Å². The van der Waals surface area contributed by atoms with Crippen LogP contribution in [-0.2, 0) is 15.1 Å². The van der Waals surface area contributed by atoms with Gasteiger partial charge in [-0.1, -0.05) is 55.8 Å². The highest BCUT2D eigenvalue weighted by Gasteiger charge is 2.50. The average Bonchev–Trinajstić information content (AvgIpc) is 2.85. The number of rotatable bonds is 6. The van der Waals surface area contributed by atoms with Gasteiger partial charge in [-0.2, -0.15) is 0 Å². The Morgan fingerprint density at radius 1 is 1.19 bits per heavy atom. The molecule has 0 aliphatic carbocycles. The van der Waals surface area contributed by atoms with Crippen LogP contribution in [0.1, 0.15) is 39.2 Å². The normalized spacial score (nSPS) is 20.6. The molecule has 1 fully saturated rings. The van der Waals surface area contributed by atoms with Gasteiger partial charge in [0, 0.05) is 6.04 Å². The number of urea groups is 1. The predicted octanol–water partition coefficient (Wildman–Crippen LogP) is 2.91. The van der Waals surface area contributed by atoms with Crippen molar-refractivity contribution in [2.75, 3.05) is 6.54 Å². The minimum atomic E-state index is -1.20. The summed E-state index contributed by atoms with van der Waals surface area (Å²) in [5, 5.41) is 7.50. The van der Waals surface area contributed by atoms with Crippen LogP contribution < -0.4 is 10.6 Å². The molecule has 2 aromatic rings. The van der Waals surface area contributed by atoms with E-state index in [0.29, 0.717) is 0 Å². The molecule has 0 bridgehead atoms. The zero-order chi connectivity index (χ0) is 19.6. The minimum absolute atomic E-state index is 0.00715. The Bertz CT molecular complexity index is 890. The lowest BCUT2D eigenvalue weighted by molar-refractivity contribution is -0.135. The van der Waals surface area contributed by atoms with Crippen molar-refractivity contribution in [3.05, 3.63) is 48.0 Å². The van der Waals surface area contributed by atoms with Gasteiger partial charge < -0.3 is 10.6 Å². The van der Waals surface area contributed by atoms with E-state index in [2.05, 4.69) is 10.6 Å². The van der Waals surface area contributed by atoms with Crippen molar-refractivity contribution in [2.24, 2.45) is 0 Å². The van der Waals surface area contributed by atoms with Gasteiger partial charge in [0.25, 0.3) is 5.91 Å². The quantitative estimate of drug-likeness (QED) is 0.771. The van der Waals surface area contributed by atoms with Crippen molar-refractivity contribution in [2.45, 2.75) is 45.2 Å². The third-order valence-electron chi connectivity index (χ3n) is 5.03. The summed E-state index contributed by atoms with van der Waals surface area (Å²) in [4.78, 5) is 38.8. The summed E-state index contributed by atoms with van der Waals surface area (Å²) in [6.45, 7) is 5.36. The molecule has 6 nitrogen and oxygen atoms in total. The van der Waals surface area contributed by atoms with Crippen LogP contribution in [0.3, 0.4) is 0 Å². The number of carbonyl (C=O) groups is 3. The molecule has 0 unspecified atom stereocenters. The smallest absolute Gasteiger partial charge is 0.325 e. The second-order valence-corrected chi connectivity index (χ2v) is 7.23. The Hall–Kier alpha value is -2.89. The Kier molecular flexibility index (Phi) is 5.17. The molecule has 1 aliphatic heterocycles. The maximum absolute atomic E-state index is 13.1. The summed E-state index contributed by atoms with van der Waals surface area (Å²) in [7, 11) is 0. The third kappa shape index (κ3) is 3.52. The summed E-state index contributed by atoms with van der Waals surface area (Å²) < 4.78 is 0. The number of hydrogen-bond acceptors (Lipinski definition) is 3. The maximum Gasteiger partial charge on any atom is 0.325 e. The lowest BCUT2D eigenvalue weighted by Gasteiger charge is -2.24. The molecule has 2 atom stereocenters. The van der Waals surface area contributed by atoms with Crippen molar-refractivity contribution in [3.63, 3.8) is 0 Å². The van der Waals surface area contributed by atoms with E-state index in [1.807, 2.05) is 56.3 Å². The van der Waals surface area contributed by atoms with E-state index < -0.39 is 17.5 Å². The Morgan fingerprint density at radius 2 is 1.89 bits per heavy atom. The molecular weight excluding hydrogens is 342 g/mol. The van der Waals surface area contributed by atoms with Crippen LogP contribution in [-0.4, -0.2) is 35.3 Å². The van der Waals surface area contributed by atoms with Crippen molar-refractivity contribution < 1.29 is 14.4 Å². The maximum atomic E-state index is 13.1. The number of hydrogen-bond donors (Lipinski definition) is 2. The summed E-state index contributed by atoms with van der Waals surface area (Å²) in [6, 6.07) is 12.8. The molecule has 1 saturated heterocycles. The molecule has 4 amide bonds. The lowest BCUT2D eigenvalue weighted by atomic mass is 9.88. The third-order valence-corrected chi connectivity index (χ3v) is 5.03. The highest BCUT2D eigenvalue weighted by molar-refractivity contribution is 6.10. The molecule has 142 valence electrons.